The third kappa shape index (κ3) is 5.20. The van der Waals surface area contributed by atoms with Gasteiger partial charge in [0.25, 0.3) is 11.8 Å². The van der Waals surface area contributed by atoms with Crippen molar-refractivity contribution in [2.45, 2.75) is 19.6 Å². The number of amides is 2. The topological polar surface area (TPSA) is 67.4 Å². The molecular weight excluding hydrogens is 352 g/mol. The molecule has 3 rings (SSSR count). The van der Waals surface area contributed by atoms with Crippen molar-refractivity contribution in [3.05, 3.63) is 96.1 Å². The van der Waals surface area contributed by atoms with Crippen LogP contribution in [0.25, 0.3) is 0 Å². The van der Waals surface area contributed by atoms with E-state index in [4.69, 9.17) is 4.74 Å². The highest BCUT2D eigenvalue weighted by Gasteiger charge is 2.18. The van der Waals surface area contributed by atoms with Crippen LogP contribution < -0.4 is 15.4 Å². The van der Waals surface area contributed by atoms with E-state index in [0.29, 0.717) is 23.5 Å². The summed E-state index contributed by atoms with van der Waals surface area (Å²) in [5, 5.41) is 5.66. The van der Waals surface area contributed by atoms with Crippen molar-refractivity contribution in [1.82, 2.24) is 5.32 Å². The molecule has 0 spiro atoms. The van der Waals surface area contributed by atoms with Crippen molar-refractivity contribution in [3.8, 4) is 5.75 Å². The van der Waals surface area contributed by atoms with Gasteiger partial charge in [-0.15, -0.1) is 0 Å². The molecule has 0 heterocycles. The van der Waals surface area contributed by atoms with Crippen LogP contribution >= 0.6 is 0 Å². The van der Waals surface area contributed by atoms with Crippen LogP contribution in [-0.2, 0) is 11.3 Å². The highest BCUT2D eigenvalue weighted by Crippen LogP contribution is 2.17. The SMILES string of the molecule is C[C@@H](Oc1ccccc1)C(=O)Nc1ccccc1C(=O)NCc1ccccc1. The fourth-order valence-corrected chi connectivity index (χ4v) is 2.65. The van der Waals surface area contributed by atoms with Gasteiger partial charge in [-0.2, -0.15) is 0 Å². The minimum Gasteiger partial charge on any atom is -0.481 e. The predicted molar refractivity (Wildman–Crippen MR) is 109 cm³/mol. The summed E-state index contributed by atoms with van der Waals surface area (Å²) in [5.74, 6) is 0.0302. The number of para-hydroxylation sites is 2. The van der Waals surface area contributed by atoms with Gasteiger partial charge in [0.05, 0.1) is 11.3 Å². The normalized spacial score (nSPS) is 11.3. The molecule has 2 N–H and O–H groups in total. The fourth-order valence-electron chi connectivity index (χ4n) is 2.65. The van der Waals surface area contributed by atoms with Crippen molar-refractivity contribution in [1.29, 1.82) is 0 Å². The number of nitrogens with one attached hydrogen (secondary N) is 2. The Morgan fingerprint density at radius 2 is 1.46 bits per heavy atom. The highest BCUT2D eigenvalue weighted by atomic mass is 16.5. The molecule has 5 heteroatoms. The smallest absolute Gasteiger partial charge is 0.265 e. The molecule has 3 aromatic carbocycles. The summed E-state index contributed by atoms with van der Waals surface area (Å²) in [4.78, 5) is 25.1. The van der Waals surface area contributed by atoms with E-state index in [1.54, 1.807) is 43.3 Å². The van der Waals surface area contributed by atoms with E-state index in [0.717, 1.165) is 5.56 Å². The Kier molecular flexibility index (Phi) is 6.41. The molecule has 0 aliphatic heterocycles. The zero-order valence-corrected chi connectivity index (χ0v) is 15.6. The van der Waals surface area contributed by atoms with Gasteiger partial charge in [-0.1, -0.05) is 60.7 Å². The van der Waals surface area contributed by atoms with Gasteiger partial charge in [0.2, 0.25) is 0 Å². The second-order valence-electron chi connectivity index (χ2n) is 6.28. The standard InChI is InChI=1S/C23H22N2O3/c1-17(28-19-12-6-3-7-13-19)22(26)25-21-15-9-8-14-20(21)23(27)24-16-18-10-4-2-5-11-18/h2-15,17H,16H2,1H3,(H,24,27)(H,25,26)/t17-/m1/s1. The van der Waals surface area contributed by atoms with Gasteiger partial charge in [0.15, 0.2) is 6.10 Å². The number of benzene rings is 3. The molecule has 0 radical (unpaired) electrons. The van der Waals surface area contributed by atoms with E-state index in [-0.39, 0.29) is 11.8 Å². The summed E-state index contributed by atoms with van der Waals surface area (Å²) < 4.78 is 5.64. The summed E-state index contributed by atoms with van der Waals surface area (Å²) >= 11 is 0. The van der Waals surface area contributed by atoms with Gasteiger partial charge in [0, 0.05) is 6.54 Å². The Morgan fingerprint density at radius 3 is 2.18 bits per heavy atom. The van der Waals surface area contributed by atoms with Crippen molar-refractivity contribution in [2.24, 2.45) is 0 Å². The van der Waals surface area contributed by atoms with Crippen LogP contribution in [0.1, 0.15) is 22.8 Å². The predicted octanol–water partition coefficient (Wildman–Crippen LogP) is 4.02. The second kappa shape index (κ2) is 9.37. The first kappa shape index (κ1) is 19.2. The molecule has 5 nitrogen and oxygen atoms in total. The molecule has 1 atom stereocenters. The van der Waals surface area contributed by atoms with Gasteiger partial charge < -0.3 is 15.4 Å². The monoisotopic (exact) mass is 374 g/mol. The maximum atomic E-state index is 12.6. The van der Waals surface area contributed by atoms with Crippen molar-refractivity contribution in [2.75, 3.05) is 5.32 Å². The van der Waals surface area contributed by atoms with Crippen LogP contribution in [0, 0.1) is 0 Å². The lowest BCUT2D eigenvalue weighted by Gasteiger charge is -2.16. The molecule has 0 saturated heterocycles. The van der Waals surface area contributed by atoms with E-state index in [2.05, 4.69) is 10.6 Å². The van der Waals surface area contributed by atoms with Crippen molar-refractivity contribution >= 4 is 17.5 Å². The van der Waals surface area contributed by atoms with Crippen molar-refractivity contribution < 1.29 is 14.3 Å². The molecule has 0 fully saturated rings. The van der Waals surface area contributed by atoms with Crippen LogP contribution in [0.5, 0.6) is 5.75 Å². The molecule has 28 heavy (non-hydrogen) atoms. The molecule has 0 bridgehead atoms. The van der Waals surface area contributed by atoms with Gasteiger partial charge in [-0.05, 0) is 36.8 Å². The van der Waals surface area contributed by atoms with Crippen LogP contribution in [0.15, 0.2) is 84.9 Å². The summed E-state index contributed by atoms with van der Waals surface area (Å²) in [6, 6.07) is 25.7. The lowest BCUT2D eigenvalue weighted by Crippen LogP contribution is -2.31. The first-order chi connectivity index (χ1) is 13.6. The molecule has 142 valence electrons. The van der Waals surface area contributed by atoms with Gasteiger partial charge in [0.1, 0.15) is 5.75 Å². The van der Waals surface area contributed by atoms with Crippen LogP contribution in [0.3, 0.4) is 0 Å². The molecule has 0 aromatic heterocycles. The van der Waals surface area contributed by atoms with E-state index >= 15 is 0 Å². The number of carbonyl (C=O) groups is 2. The fraction of sp³-hybridized carbons (Fsp3) is 0.130. The Bertz CT molecular complexity index is 927. The zero-order chi connectivity index (χ0) is 19.8. The summed E-state index contributed by atoms with van der Waals surface area (Å²) in [5.41, 5.74) is 1.85. The number of rotatable bonds is 7. The van der Waals surface area contributed by atoms with Gasteiger partial charge in [-0.3, -0.25) is 9.59 Å². The number of hydrogen-bond acceptors (Lipinski definition) is 3. The lowest BCUT2D eigenvalue weighted by molar-refractivity contribution is -0.122. The average Bonchev–Trinajstić information content (AvgIpc) is 2.74. The zero-order valence-electron chi connectivity index (χ0n) is 15.6. The first-order valence-electron chi connectivity index (χ1n) is 9.07. The van der Waals surface area contributed by atoms with Crippen LogP contribution in [0.4, 0.5) is 5.69 Å². The highest BCUT2D eigenvalue weighted by molar-refractivity contribution is 6.04. The maximum absolute atomic E-state index is 12.6. The third-order valence-corrected chi connectivity index (χ3v) is 4.15. The molecule has 0 saturated carbocycles. The minimum absolute atomic E-state index is 0.253. The third-order valence-electron chi connectivity index (χ3n) is 4.15. The average molecular weight is 374 g/mol. The molecule has 0 aliphatic carbocycles. The summed E-state index contributed by atoms with van der Waals surface area (Å²) in [7, 11) is 0. The first-order valence-corrected chi connectivity index (χ1v) is 9.07. The Labute approximate surface area is 164 Å². The summed E-state index contributed by atoms with van der Waals surface area (Å²) in [6.07, 6.45) is -0.706. The molecule has 2 amide bonds. The molecule has 0 aliphatic rings. The largest absolute Gasteiger partial charge is 0.481 e. The van der Waals surface area contributed by atoms with E-state index < -0.39 is 6.10 Å². The number of hydrogen-bond donors (Lipinski definition) is 2. The van der Waals surface area contributed by atoms with Crippen molar-refractivity contribution in [3.63, 3.8) is 0 Å². The summed E-state index contributed by atoms with van der Waals surface area (Å²) in [6.45, 7) is 2.08. The quantitative estimate of drug-likeness (QED) is 0.656. The Morgan fingerprint density at radius 1 is 0.857 bits per heavy atom. The van der Waals surface area contributed by atoms with Crippen LogP contribution in [-0.4, -0.2) is 17.9 Å². The molecule has 0 unspecified atom stereocenters. The van der Waals surface area contributed by atoms with E-state index in [1.807, 2.05) is 48.5 Å². The molecule has 3 aromatic rings. The van der Waals surface area contributed by atoms with Gasteiger partial charge >= 0.3 is 0 Å². The number of carbonyl (C=O) groups excluding carboxylic acids is 2. The van der Waals surface area contributed by atoms with Gasteiger partial charge in [-0.25, -0.2) is 0 Å². The van der Waals surface area contributed by atoms with E-state index in [1.165, 1.54) is 0 Å². The second-order valence-corrected chi connectivity index (χ2v) is 6.28. The molecular formula is C23H22N2O3. The van der Waals surface area contributed by atoms with Crippen LogP contribution in [0.2, 0.25) is 0 Å². The maximum Gasteiger partial charge on any atom is 0.265 e. The van der Waals surface area contributed by atoms with E-state index in [9.17, 15) is 9.59 Å². The minimum atomic E-state index is -0.706. The number of anilines is 1. The lowest BCUT2D eigenvalue weighted by atomic mass is 10.1. The Balaban J connectivity index is 1.64. The number of ether oxygens (including phenoxy) is 1. The Hall–Kier alpha value is -3.60.